The number of hydrogen-bond acceptors (Lipinski definition) is 2. The SMILES string of the molecule is CC(CF)CN1C(c2ccc(C=CC(=O)O)cc2F)c2[nH]c3ccccc3c2CC1(C)C. The number of fused-ring (bicyclic) bond motifs is 3. The van der Waals surface area contributed by atoms with Crippen LogP contribution in [0, 0.1) is 11.7 Å². The molecule has 6 heteroatoms. The molecule has 0 fully saturated rings. The van der Waals surface area contributed by atoms with Gasteiger partial charge in [0.05, 0.1) is 12.7 Å². The van der Waals surface area contributed by atoms with E-state index in [4.69, 9.17) is 5.11 Å². The normalized spacial score (nSPS) is 19.3. The van der Waals surface area contributed by atoms with Crippen molar-refractivity contribution in [1.82, 2.24) is 9.88 Å². The summed E-state index contributed by atoms with van der Waals surface area (Å²) in [7, 11) is 0. The number of H-pyrrole nitrogens is 1. The number of carbonyl (C=O) groups is 1. The molecule has 32 heavy (non-hydrogen) atoms. The number of rotatable bonds is 6. The zero-order chi connectivity index (χ0) is 23.0. The number of aromatic amines is 1. The lowest BCUT2D eigenvalue weighted by molar-refractivity contribution is -0.131. The van der Waals surface area contributed by atoms with Gasteiger partial charge < -0.3 is 10.1 Å². The second kappa shape index (κ2) is 8.51. The quantitative estimate of drug-likeness (QED) is 0.483. The lowest BCUT2D eigenvalue weighted by Gasteiger charge is -2.48. The highest BCUT2D eigenvalue weighted by atomic mass is 19.1. The van der Waals surface area contributed by atoms with Gasteiger partial charge in [0.25, 0.3) is 0 Å². The molecule has 2 atom stereocenters. The minimum atomic E-state index is -1.09. The molecular weight excluding hydrogens is 410 g/mol. The maximum atomic E-state index is 15.5. The Morgan fingerprint density at radius 1 is 1.31 bits per heavy atom. The van der Waals surface area contributed by atoms with Crippen LogP contribution < -0.4 is 0 Å². The molecule has 168 valence electrons. The monoisotopic (exact) mass is 438 g/mol. The highest BCUT2D eigenvalue weighted by molar-refractivity contribution is 5.86. The van der Waals surface area contributed by atoms with Gasteiger partial charge in [-0.05, 0) is 55.5 Å². The van der Waals surface area contributed by atoms with E-state index in [0.29, 0.717) is 17.7 Å². The molecule has 2 N–H and O–H groups in total. The summed E-state index contributed by atoms with van der Waals surface area (Å²) < 4.78 is 29.0. The number of benzene rings is 2. The molecule has 3 aromatic rings. The number of aliphatic carboxylic acids is 1. The smallest absolute Gasteiger partial charge is 0.328 e. The Hall–Kier alpha value is -2.99. The third-order valence-corrected chi connectivity index (χ3v) is 6.33. The molecule has 1 aromatic heterocycles. The number of nitrogens with zero attached hydrogens (tertiary/aromatic N) is 1. The van der Waals surface area contributed by atoms with Crippen molar-refractivity contribution >= 4 is 22.9 Å². The maximum Gasteiger partial charge on any atom is 0.328 e. The molecule has 0 aliphatic carbocycles. The van der Waals surface area contributed by atoms with Gasteiger partial charge in [0.15, 0.2) is 0 Å². The summed E-state index contributed by atoms with van der Waals surface area (Å²) in [6.45, 7) is 6.16. The minimum Gasteiger partial charge on any atom is -0.478 e. The van der Waals surface area contributed by atoms with Crippen molar-refractivity contribution in [2.75, 3.05) is 13.2 Å². The van der Waals surface area contributed by atoms with E-state index in [1.165, 1.54) is 12.1 Å². The van der Waals surface area contributed by atoms with E-state index < -0.39 is 24.5 Å². The van der Waals surface area contributed by atoms with Crippen molar-refractivity contribution in [1.29, 1.82) is 0 Å². The summed E-state index contributed by atoms with van der Waals surface area (Å²) in [4.78, 5) is 16.5. The van der Waals surface area contributed by atoms with Crippen molar-refractivity contribution in [3.05, 3.63) is 76.7 Å². The number of alkyl halides is 1. The summed E-state index contributed by atoms with van der Waals surface area (Å²) in [6.07, 6.45) is 3.13. The number of hydrogen-bond donors (Lipinski definition) is 2. The van der Waals surface area contributed by atoms with Gasteiger partial charge >= 0.3 is 5.97 Å². The summed E-state index contributed by atoms with van der Waals surface area (Å²) in [5.41, 5.74) is 3.74. The number of carboxylic acids is 1. The van der Waals surface area contributed by atoms with Crippen LogP contribution in [0.25, 0.3) is 17.0 Å². The van der Waals surface area contributed by atoms with Crippen molar-refractivity contribution in [2.24, 2.45) is 5.92 Å². The molecule has 1 aliphatic rings. The van der Waals surface area contributed by atoms with Crippen LogP contribution in [0.2, 0.25) is 0 Å². The van der Waals surface area contributed by atoms with Gasteiger partial charge in [-0.1, -0.05) is 37.3 Å². The van der Waals surface area contributed by atoms with E-state index in [2.05, 4.69) is 29.8 Å². The third-order valence-electron chi connectivity index (χ3n) is 6.33. The van der Waals surface area contributed by atoms with Crippen molar-refractivity contribution < 1.29 is 18.7 Å². The first-order valence-electron chi connectivity index (χ1n) is 10.8. The van der Waals surface area contributed by atoms with E-state index in [1.807, 2.05) is 25.1 Å². The van der Waals surface area contributed by atoms with Gasteiger partial charge in [-0.2, -0.15) is 0 Å². The molecule has 0 bridgehead atoms. The predicted molar refractivity (Wildman–Crippen MR) is 123 cm³/mol. The van der Waals surface area contributed by atoms with Gasteiger partial charge in [-0.15, -0.1) is 0 Å². The molecule has 0 saturated heterocycles. The molecule has 0 amide bonds. The third kappa shape index (κ3) is 4.07. The molecule has 1 aliphatic heterocycles. The largest absolute Gasteiger partial charge is 0.478 e. The van der Waals surface area contributed by atoms with Crippen molar-refractivity contribution in [2.45, 2.75) is 38.8 Å². The zero-order valence-electron chi connectivity index (χ0n) is 18.5. The summed E-state index contributed by atoms with van der Waals surface area (Å²) in [5, 5.41) is 9.98. The average Bonchev–Trinajstić information content (AvgIpc) is 3.10. The fourth-order valence-corrected chi connectivity index (χ4v) is 4.78. The van der Waals surface area contributed by atoms with Crippen LogP contribution in [0.3, 0.4) is 0 Å². The summed E-state index contributed by atoms with van der Waals surface area (Å²) >= 11 is 0. The lowest BCUT2D eigenvalue weighted by atomic mass is 9.80. The van der Waals surface area contributed by atoms with E-state index in [-0.39, 0.29) is 11.5 Å². The van der Waals surface area contributed by atoms with E-state index >= 15 is 4.39 Å². The fourth-order valence-electron chi connectivity index (χ4n) is 4.78. The Bertz CT molecular complexity index is 1180. The van der Waals surface area contributed by atoms with Crippen LogP contribution >= 0.6 is 0 Å². The predicted octanol–water partition coefficient (Wildman–Crippen LogP) is 5.74. The van der Waals surface area contributed by atoms with E-state index in [0.717, 1.165) is 34.7 Å². The Labute approximate surface area is 186 Å². The van der Waals surface area contributed by atoms with Crippen LogP contribution in [0.5, 0.6) is 0 Å². The van der Waals surface area contributed by atoms with Gasteiger partial charge in [0.1, 0.15) is 5.82 Å². The first kappa shape index (κ1) is 22.2. The standard InChI is InChI=1S/C26H28F2N2O2/c1-16(14-27)15-30-25(19-10-8-17(12-21(19)28)9-11-23(31)32)24-20(13-26(30,2)3)18-6-4-5-7-22(18)29-24/h4-12,16,25,29H,13-15H2,1-3H3,(H,31,32). The fraction of sp³-hybridized carbons (Fsp3) is 0.346. The van der Waals surface area contributed by atoms with Crippen molar-refractivity contribution in [3.63, 3.8) is 0 Å². The van der Waals surface area contributed by atoms with Crippen molar-refractivity contribution in [3.8, 4) is 0 Å². The van der Waals surface area contributed by atoms with Gasteiger partial charge in [0.2, 0.25) is 0 Å². The molecule has 0 spiro atoms. The molecule has 4 nitrogen and oxygen atoms in total. The Morgan fingerprint density at radius 3 is 2.75 bits per heavy atom. The lowest BCUT2D eigenvalue weighted by Crippen LogP contribution is -2.53. The zero-order valence-corrected chi connectivity index (χ0v) is 18.5. The second-order valence-corrected chi connectivity index (χ2v) is 9.32. The molecule has 2 aromatic carbocycles. The first-order chi connectivity index (χ1) is 15.2. The average molecular weight is 439 g/mol. The Kier molecular flexibility index (Phi) is 5.91. The minimum absolute atomic E-state index is 0.191. The van der Waals surface area contributed by atoms with E-state index in [9.17, 15) is 9.18 Å². The van der Waals surface area contributed by atoms with Gasteiger partial charge in [0, 0.05) is 40.3 Å². The number of nitrogens with one attached hydrogen (secondary N) is 1. The molecular formula is C26H28F2N2O2. The van der Waals surface area contributed by atoms with Gasteiger partial charge in [-0.25, -0.2) is 9.18 Å². The van der Waals surface area contributed by atoms with Crippen LogP contribution in [0.4, 0.5) is 8.78 Å². The molecule has 0 radical (unpaired) electrons. The topological polar surface area (TPSA) is 56.3 Å². The van der Waals surface area contributed by atoms with Crippen LogP contribution in [-0.4, -0.2) is 39.7 Å². The number of halogens is 2. The molecule has 2 heterocycles. The molecule has 0 saturated carbocycles. The van der Waals surface area contributed by atoms with Crippen LogP contribution in [0.1, 0.15) is 49.2 Å². The highest BCUT2D eigenvalue weighted by Crippen LogP contribution is 2.45. The number of aromatic nitrogens is 1. The van der Waals surface area contributed by atoms with Crippen LogP contribution in [-0.2, 0) is 11.2 Å². The van der Waals surface area contributed by atoms with Crippen LogP contribution in [0.15, 0.2) is 48.5 Å². The van der Waals surface area contributed by atoms with E-state index in [1.54, 1.807) is 12.1 Å². The molecule has 4 rings (SSSR count). The number of carboxylic acid groups (broad SMARTS) is 1. The second-order valence-electron chi connectivity index (χ2n) is 9.32. The Balaban J connectivity index is 1.89. The molecule has 2 unspecified atom stereocenters. The summed E-state index contributed by atoms with van der Waals surface area (Å²) in [5.74, 6) is -1.69. The maximum absolute atomic E-state index is 15.5. The summed E-state index contributed by atoms with van der Waals surface area (Å²) in [6, 6.07) is 12.4. The van der Waals surface area contributed by atoms with Gasteiger partial charge in [-0.3, -0.25) is 9.29 Å². The number of para-hydroxylation sites is 1. The highest BCUT2D eigenvalue weighted by Gasteiger charge is 2.43. The first-order valence-corrected chi connectivity index (χ1v) is 10.8. The Morgan fingerprint density at radius 2 is 2.06 bits per heavy atom.